The Labute approximate surface area is 181 Å². The SMILES string of the molecule is CC12CCC3(F)C=C4CC(O)CCC4CC[C@]3(O)C1CC=C2c1ccc2ocnc2c1. The third-order valence-electron chi connectivity index (χ3n) is 9.02. The highest BCUT2D eigenvalue weighted by molar-refractivity contribution is 5.82. The van der Waals surface area contributed by atoms with Crippen molar-refractivity contribution in [3.8, 4) is 0 Å². The van der Waals surface area contributed by atoms with Crippen LogP contribution in [0.1, 0.15) is 63.9 Å². The van der Waals surface area contributed by atoms with Crippen LogP contribution in [0.4, 0.5) is 4.39 Å². The number of benzene rings is 1. The van der Waals surface area contributed by atoms with Gasteiger partial charge in [-0.3, -0.25) is 0 Å². The Bertz CT molecular complexity index is 1110. The number of oxazole rings is 1. The number of fused-ring (bicyclic) bond motifs is 5. The molecule has 6 atom stereocenters. The molecule has 31 heavy (non-hydrogen) atoms. The van der Waals surface area contributed by atoms with Crippen LogP contribution in [-0.4, -0.2) is 32.6 Å². The van der Waals surface area contributed by atoms with E-state index in [-0.39, 0.29) is 17.4 Å². The van der Waals surface area contributed by atoms with Gasteiger partial charge in [0, 0.05) is 5.92 Å². The average Bonchev–Trinajstić information content (AvgIpc) is 3.32. The molecule has 0 saturated heterocycles. The fourth-order valence-corrected chi connectivity index (χ4v) is 7.26. The van der Waals surface area contributed by atoms with Crippen LogP contribution >= 0.6 is 0 Å². The summed E-state index contributed by atoms with van der Waals surface area (Å²) < 4.78 is 22.0. The van der Waals surface area contributed by atoms with E-state index < -0.39 is 11.3 Å². The topological polar surface area (TPSA) is 66.5 Å². The van der Waals surface area contributed by atoms with E-state index in [1.54, 1.807) is 6.08 Å². The normalized spacial score (nSPS) is 42.3. The van der Waals surface area contributed by atoms with E-state index in [1.165, 1.54) is 12.0 Å². The Morgan fingerprint density at radius 1 is 1.16 bits per heavy atom. The summed E-state index contributed by atoms with van der Waals surface area (Å²) in [6.07, 6.45) is 10.2. The molecule has 0 aliphatic heterocycles. The lowest BCUT2D eigenvalue weighted by molar-refractivity contribution is -0.172. The lowest BCUT2D eigenvalue weighted by atomic mass is 9.53. The number of allylic oxidation sites excluding steroid dienone is 2. The first-order valence-electron chi connectivity index (χ1n) is 11.7. The first kappa shape index (κ1) is 19.7. The zero-order chi connectivity index (χ0) is 21.4. The number of hydrogen-bond acceptors (Lipinski definition) is 4. The lowest BCUT2D eigenvalue weighted by Gasteiger charge is -2.55. The molecule has 2 aromatic rings. The highest BCUT2D eigenvalue weighted by Crippen LogP contribution is 2.65. The summed E-state index contributed by atoms with van der Waals surface area (Å²) in [5.41, 5.74) is 1.51. The molecule has 1 aromatic heterocycles. The number of aliphatic hydroxyl groups is 2. The Hall–Kier alpha value is -1.98. The van der Waals surface area contributed by atoms with Crippen LogP contribution in [0.5, 0.6) is 0 Å². The Balaban J connectivity index is 1.38. The van der Waals surface area contributed by atoms with Gasteiger partial charge in [0.25, 0.3) is 0 Å². The van der Waals surface area contributed by atoms with Crippen LogP contribution < -0.4 is 0 Å². The quantitative estimate of drug-likeness (QED) is 0.607. The van der Waals surface area contributed by atoms with Gasteiger partial charge in [0.2, 0.25) is 0 Å². The molecule has 4 aliphatic carbocycles. The van der Waals surface area contributed by atoms with Gasteiger partial charge in [-0.2, -0.15) is 0 Å². The van der Waals surface area contributed by atoms with Crippen LogP contribution in [-0.2, 0) is 0 Å². The summed E-state index contributed by atoms with van der Waals surface area (Å²) in [6.45, 7) is 2.20. The zero-order valence-electron chi connectivity index (χ0n) is 18.0. The lowest BCUT2D eigenvalue weighted by Crippen LogP contribution is -2.61. The number of nitrogens with zero attached hydrogens (tertiary/aromatic N) is 1. The van der Waals surface area contributed by atoms with Gasteiger partial charge in [0.05, 0.1) is 6.10 Å². The molecule has 0 amide bonds. The molecule has 0 bridgehead atoms. The van der Waals surface area contributed by atoms with Crippen molar-refractivity contribution in [1.82, 2.24) is 4.98 Å². The van der Waals surface area contributed by atoms with E-state index in [2.05, 4.69) is 24.1 Å². The second-order valence-corrected chi connectivity index (χ2v) is 10.5. The molecule has 2 saturated carbocycles. The van der Waals surface area contributed by atoms with Crippen LogP contribution in [0.25, 0.3) is 16.7 Å². The van der Waals surface area contributed by atoms with Crippen molar-refractivity contribution in [3.63, 3.8) is 0 Å². The summed E-state index contributed by atoms with van der Waals surface area (Å²) in [5, 5.41) is 22.2. The number of halogens is 1. The molecule has 0 radical (unpaired) electrons. The second kappa shape index (κ2) is 6.52. The van der Waals surface area contributed by atoms with Crippen molar-refractivity contribution in [1.29, 1.82) is 0 Å². The predicted molar refractivity (Wildman–Crippen MR) is 117 cm³/mol. The van der Waals surface area contributed by atoms with E-state index >= 15 is 4.39 Å². The van der Waals surface area contributed by atoms with Gasteiger partial charge >= 0.3 is 0 Å². The third kappa shape index (κ3) is 2.69. The van der Waals surface area contributed by atoms with Gasteiger partial charge in [-0.25, -0.2) is 9.37 Å². The van der Waals surface area contributed by atoms with E-state index in [0.29, 0.717) is 38.0 Å². The molecule has 4 nitrogen and oxygen atoms in total. The zero-order valence-corrected chi connectivity index (χ0v) is 18.0. The molecule has 1 heterocycles. The smallest absolute Gasteiger partial charge is 0.181 e. The summed E-state index contributed by atoms with van der Waals surface area (Å²) in [6, 6.07) is 6.04. The van der Waals surface area contributed by atoms with Crippen molar-refractivity contribution in [2.75, 3.05) is 0 Å². The summed E-state index contributed by atoms with van der Waals surface area (Å²) in [7, 11) is 0. The number of rotatable bonds is 1. The Morgan fingerprint density at radius 2 is 2.03 bits per heavy atom. The van der Waals surface area contributed by atoms with Gasteiger partial charge < -0.3 is 14.6 Å². The van der Waals surface area contributed by atoms with Gasteiger partial charge in [-0.1, -0.05) is 24.6 Å². The highest BCUT2D eigenvalue weighted by atomic mass is 19.1. The number of alkyl halides is 1. The minimum atomic E-state index is -1.72. The van der Waals surface area contributed by atoms with Crippen LogP contribution in [0.15, 0.2) is 46.7 Å². The molecule has 2 fully saturated rings. The second-order valence-electron chi connectivity index (χ2n) is 10.5. The minimum absolute atomic E-state index is 0.163. The van der Waals surface area contributed by atoms with E-state index in [9.17, 15) is 10.2 Å². The molecule has 5 heteroatoms. The first-order valence-corrected chi connectivity index (χ1v) is 11.7. The van der Waals surface area contributed by atoms with Crippen molar-refractivity contribution in [3.05, 3.63) is 47.9 Å². The van der Waals surface area contributed by atoms with Crippen LogP contribution in [0.2, 0.25) is 0 Å². The summed E-state index contributed by atoms with van der Waals surface area (Å²) in [5.74, 6) is 0.129. The van der Waals surface area contributed by atoms with E-state index in [4.69, 9.17) is 4.42 Å². The molecular formula is C26H30FNO3. The largest absolute Gasteiger partial charge is 0.443 e. The standard InChI is InChI=1S/C26H30FNO3/c1-24-10-11-25(27)14-18-12-19(29)4-2-16(18)8-9-26(25,30)23(24)7-5-20(24)17-3-6-22-21(13-17)28-15-31-22/h3,5-6,13-16,19,23,29-30H,2,4,7-12H2,1H3/t16?,19?,23?,24?,25?,26-/m0/s1. The Kier molecular flexibility index (Phi) is 4.14. The van der Waals surface area contributed by atoms with Crippen molar-refractivity contribution < 1.29 is 19.0 Å². The Morgan fingerprint density at radius 3 is 2.90 bits per heavy atom. The predicted octanol–water partition coefficient (Wildman–Crippen LogP) is 5.35. The monoisotopic (exact) mass is 423 g/mol. The molecule has 0 spiro atoms. The van der Waals surface area contributed by atoms with Crippen molar-refractivity contribution in [2.24, 2.45) is 17.3 Å². The maximum Gasteiger partial charge on any atom is 0.181 e. The highest BCUT2D eigenvalue weighted by Gasteiger charge is 2.65. The van der Waals surface area contributed by atoms with E-state index in [0.717, 1.165) is 41.5 Å². The van der Waals surface area contributed by atoms with Gasteiger partial charge in [0.15, 0.2) is 17.6 Å². The fourth-order valence-electron chi connectivity index (χ4n) is 7.26. The molecule has 5 unspecified atom stereocenters. The molecular weight excluding hydrogens is 393 g/mol. The minimum Gasteiger partial charge on any atom is -0.443 e. The average molecular weight is 424 g/mol. The maximum atomic E-state index is 16.6. The summed E-state index contributed by atoms with van der Waals surface area (Å²) >= 11 is 0. The first-order chi connectivity index (χ1) is 14.8. The molecule has 164 valence electrons. The summed E-state index contributed by atoms with van der Waals surface area (Å²) in [4.78, 5) is 4.30. The molecule has 4 aliphatic rings. The van der Waals surface area contributed by atoms with Crippen molar-refractivity contribution in [2.45, 2.75) is 75.7 Å². The van der Waals surface area contributed by atoms with Gasteiger partial charge in [-0.15, -0.1) is 0 Å². The molecule has 2 N–H and O–H groups in total. The maximum absolute atomic E-state index is 16.6. The van der Waals surface area contributed by atoms with Crippen molar-refractivity contribution >= 4 is 16.7 Å². The molecule has 6 rings (SSSR count). The number of aromatic nitrogens is 1. The van der Waals surface area contributed by atoms with Gasteiger partial charge in [-0.05, 0) is 92.0 Å². The van der Waals surface area contributed by atoms with Crippen LogP contribution in [0.3, 0.4) is 0 Å². The van der Waals surface area contributed by atoms with E-state index in [1.807, 2.05) is 12.1 Å². The molecule has 1 aromatic carbocycles. The number of hydrogen-bond donors (Lipinski definition) is 2. The fraction of sp³-hybridized carbons (Fsp3) is 0.577. The van der Waals surface area contributed by atoms with Crippen LogP contribution in [0, 0.1) is 17.3 Å². The third-order valence-corrected chi connectivity index (χ3v) is 9.02. The number of aliphatic hydroxyl groups excluding tert-OH is 1. The van der Waals surface area contributed by atoms with Gasteiger partial charge in [0.1, 0.15) is 11.1 Å².